The van der Waals surface area contributed by atoms with Gasteiger partial charge < -0.3 is 38.2 Å². The average molecular weight is 1310 g/mol. The Morgan fingerprint density at radius 3 is 1.45 bits per heavy atom. The molecular formula is C44H59I3N10O5P2S2. The lowest BCUT2D eigenvalue weighted by Crippen LogP contribution is -2.50. The molecule has 0 saturated carbocycles. The lowest BCUT2D eigenvalue weighted by molar-refractivity contribution is 0.0230. The molecule has 2 fully saturated rings. The normalized spacial score (nSPS) is 14.4. The number of hydrogen-bond donors (Lipinski definition) is 0. The Hall–Kier alpha value is -2.63. The van der Waals surface area contributed by atoms with E-state index >= 15 is 0 Å². The van der Waals surface area contributed by atoms with Crippen molar-refractivity contribution in [2.45, 2.75) is 63.1 Å². The van der Waals surface area contributed by atoms with Crippen molar-refractivity contribution < 1.29 is 23.3 Å². The maximum atomic E-state index is 12.4. The van der Waals surface area contributed by atoms with E-state index in [4.69, 9.17) is 9.47 Å². The van der Waals surface area contributed by atoms with E-state index in [0.717, 1.165) is 59.3 Å². The Morgan fingerprint density at radius 1 is 0.652 bits per heavy atom. The van der Waals surface area contributed by atoms with Gasteiger partial charge in [0.2, 0.25) is 5.16 Å². The molecule has 2 amide bonds. The van der Waals surface area contributed by atoms with Crippen LogP contribution in [0, 0.1) is 0 Å². The summed E-state index contributed by atoms with van der Waals surface area (Å²) in [6.07, 6.45) is 10.5. The number of carbonyl (C=O) groups is 2. The number of amides is 2. The monoisotopic (exact) mass is 1310 g/mol. The van der Waals surface area contributed by atoms with E-state index in [1.54, 1.807) is 28.4 Å². The second kappa shape index (κ2) is 25.8. The van der Waals surface area contributed by atoms with Gasteiger partial charge >= 0.3 is 12.2 Å². The number of anilines is 2. The highest BCUT2D eigenvalue weighted by molar-refractivity contribution is 15.0. The van der Waals surface area contributed by atoms with Crippen LogP contribution < -0.4 is 9.80 Å². The third-order valence-electron chi connectivity index (χ3n) is 10.1. The van der Waals surface area contributed by atoms with Crippen molar-refractivity contribution in [1.29, 1.82) is 0 Å². The Kier molecular flexibility index (Phi) is 21.9. The van der Waals surface area contributed by atoms with Crippen LogP contribution in [0.2, 0.25) is 0 Å². The van der Waals surface area contributed by atoms with Crippen LogP contribution in [-0.2, 0) is 20.3 Å². The van der Waals surface area contributed by atoms with Gasteiger partial charge in [-0.15, -0.1) is 41.8 Å². The summed E-state index contributed by atoms with van der Waals surface area (Å²) in [6.45, 7) is 16.9. The van der Waals surface area contributed by atoms with Gasteiger partial charge in [-0.05, 0) is 96.3 Å². The van der Waals surface area contributed by atoms with Gasteiger partial charge in [-0.3, -0.25) is 4.21 Å². The van der Waals surface area contributed by atoms with Gasteiger partial charge in [0.25, 0.3) is 0 Å². The van der Waals surface area contributed by atoms with Crippen molar-refractivity contribution >= 4 is 147 Å². The van der Waals surface area contributed by atoms with Crippen LogP contribution in [0.4, 0.5) is 21.0 Å². The fourth-order valence-electron chi connectivity index (χ4n) is 7.34. The molecule has 4 aromatic heterocycles. The van der Waals surface area contributed by atoms with Crippen LogP contribution in [0.25, 0.3) is 33.4 Å². The molecule has 3 atom stereocenters. The molecular weight excluding hydrogens is 1260 g/mol. The summed E-state index contributed by atoms with van der Waals surface area (Å²) in [4.78, 5) is 50.3. The quantitative estimate of drug-likeness (QED) is 0.0678. The minimum Gasteiger partial charge on any atom is -0.444 e. The van der Waals surface area contributed by atoms with Gasteiger partial charge in [-0.1, -0.05) is 23.9 Å². The van der Waals surface area contributed by atoms with Crippen LogP contribution >= 0.6 is 90.8 Å². The van der Waals surface area contributed by atoms with Gasteiger partial charge in [-0.25, -0.2) is 29.5 Å². The van der Waals surface area contributed by atoms with E-state index in [1.165, 1.54) is 22.8 Å². The summed E-state index contributed by atoms with van der Waals surface area (Å²) in [6, 6.07) is 20.4. The molecule has 0 bridgehead atoms. The highest BCUT2D eigenvalue weighted by atomic mass is 128. The summed E-state index contributed by atoms with van der Waals surface area (Å²) in [5.41, 5.74) is 3.45. The van der Waals surface area contributed by atoms with Crippen LogP contribution in [0.3, 0.4) is 0 Å². The zero-order chi connectivity index (χ0) is 47.5. The number of carbonyl (C=O) groups excluding carboxylic acids is 2. The molecule has 0 N–H and O–H groups in total. The van der Waals surface area contributed by atoms with Crippen molar-refractivity contribution in [3.05, 3.63) is 85.5 Å². The van der Waals surface area contributed by atoms with E-state index < -0.39 is 22.0 Å². The van der Waals surface area contributed by atoms with Crippen LogP contribution in [0.15, 0.2) is 95.8 Å². The first-order valence-electron chi connectivity index (χ1n) is 20.8. The highest BCUT2D eigenvalue weighted by Crippen LogP contribution is 2.32. The minimum absolute atomic E-state index is 0. The third-order valence-corrected chi connectivity index (χ3v) is 11.4. The van der Waals surface area contributed by atoms with Gasteiger partial charge in [0.15, 0.2) is 5.16 Å². The summed E-state index contributed by atoms with van der Waals surface area (Å²) in [5, 5.41) is 3.34. The second-order valence-corrected chi connectivity index (χ2v) is 18.8. The summed E-state index contributed by atoms with van der Waals surface area (Å²) in [5.74, 6) is 1.54. The molecule has 6 aromatic rings. The first kappa shape index (κ1) is 56.0. The van der Waals surface area contributed by atoms with E-state index in [-0.39, 0.29) is 36.2 Å². The van der Waals surface area contributed by atoms with Gasteiger partial charge in [0.1, 0.15) is 22.8 Å². The van der Waals surface area contributed by atoms with Crippen molar-refractivity contribution in [3.8, 4) is 11.6 Å². The fourth-order valence-corrected chi connectivity index (χ4v) is 8.12. The van der Waals surface area contributed by atoms with Crippen LogP contribution in [-0.4, -0.2) is 131 Å². The topological polar surface area (TPSA) is 144 Å². The molecule has 15 nitrogen and oxygen atoms in total. The number of fused-ring (bicyclic) bond motifs is 2. The van der Waals surface area contributed by atoms with E-state index in [9.17, 15) is 13.8 Å². The first-order valence-corrected chi connectivity index (χ1v) is 32.5. The largest absolute Gasteiger partial charge is 0.444 e. The first-order chi connectivity index (χ1) is 31.1. The smallest absolute Gasteiger partial charge is 0.410 e. The molecule has 0 radical (unpaired) electrons. The molecule has 22 heteroatoms. The van der Waals surface area contributed by atoms with Crippen molar-refractivity contribution in [1.82, 2.24) is 38.9 Å². The lowest BCUT2D eigenvalue weighted by atomic mass is 10.1. The third kappa shape index (κ3) is 14.7. The van der Waals surface area contributed by atoms with E-state index in [1.807, 2.05) is 82.8 Å². The minimum atomic E-state index is -1.24. The van der Waals surface area contributed by atoms with Crippen LogP contribution in [0.1, 0.15) is 41.5 Å². The number of nitrogens with zero attached hydrogens (tertiary/aromatic N) is 10. The number of aromatic nitrogens is 6. The van der Waals surface area contributed by atoms with Gasteiger partial charge in [0.05, 0.1) is 21.8 Å². The zero-order valence-corrected chi connectivity index (χ0v) is 49.0. The number of thioether (sulfide) groups is 1. The Bertz CT molecular complexity index is 2560. The van der Waals surface area contributed by atoms with Gasteiger partial charge in [0, 0.05) is 143 Å². The Labute approximate surface area is 439 Å². The SMILES string of the molecule is CS(=O)c1nccc(-n2ccc3c(N4CCN(C(=O)OC(C)(C)C)CC4)cccc32)n1.CSc1nccc(-n2ccc3c(N4CCN(C(=O)OC(C)(C)C)CC4)cccc32)n1.I.II.PP. The standard InChI is InChI=1S/C22H27N5O3S.C22H27N5O2S.I2.HI.H4P2/c1-22(2,3)30-21(28)26-14-12-25(13-15-26)17-6-5-7-18-16(17)9-11-27(18)19-8-10-23-20(24-19)31(4)29;1-22(2,3)29-21(28)26-14-12-25(13-15-26)17-6-5-7-18-16(17)9-11-27(18)19-8-10-23-20(24-19)30-4;1-2;;1-2/h5-11H,12-15H2,1-4H3;5-11H,12-15H2,1-4H3;;1H;1-2H2. The molecule has 2 saturated heterocycles. The number of ether oxygens (including phenoxy) is 2. The maximum absolute atomic E-state index is 12.4. The highest BCUT2D eigenvalue weighted by Gasteiger charge is 2.28. The lowest BCUT2D eigenvalue weighted by Gasteiger charge is -2.37. The van der Waals surface area contributed by atoms with Crippen molar-refractivity contribution in [2.75, 3.05) is 74.7 Å². The molecule has 8 rings (SSSR count). The molecule has 0 spiro atoms. The van der Waals surface area contributed by atoms with Gasteiger partial charge in [-0.2, -0.15) is 0 Å². The van der Waals surface area contributed by atoms with Crippen molar-refractivity contribution in [3.63, 3.8) is 0 Å². The second-order valence-electron chi connectivity index (χ2n) is 16.8. The molecule has 3 unspecified atom stereocenters. The average Bonchev–Trinajstić information content (AvgIpc) is 3.95. The molecule has 2 aliphatic heterocycles. The zero-order valence-electron chi connectivity index (χ0n) is 38.4. The van der Waals surface area contributed by atoms with Crippen LogP contribution in [0.5, 0.6) is 0 Å². The number of piperazine rings is 2. The fraction of sp³-hybridized carbons (Fsp3) is 0.409. The predicted molar refractivity (Wildman–Crippen MR) is 305 cm³/mol. The number of hydrogen-bond acceptors (Lipinski definition) is 12. The van der Waals surface area contributed by atoms with Crippen molar-refractivity contribution in [2.24, 2.45) is 0 Å². The molecule has 2 aliphatic rings. The Balaban J connectivity index is 0.000000265. The molecule has 2 aromatic carbocycles. The number of benzene rings is 2. The number of rotatable bonds is 6. The maximum Gasteiger partial charge on any atom is 0.410 e. The Morgan fingerprint density at radius 2 is 1.06 bits per heavy atom. The van der Waals surface area contributed by atoms with E-state index in [2.05, 4.69) is 132 Å². The summed E-state index contributed by atoms with van der Waals surface area (Å²) < 4.78 is 26.9. The number of halogens is 3. The molecule has 358 valence electrons. The predicted octanol–water partition coefficient (Wildman–Crippen LogP) is 10.5. The van der Waals surface area contributed by atoms with E-state index in [0.29, 0.717) is 37.2 Å². The molecule has 66 heavy (non-hydrogen) atoms. The summed E-state index contributed by atoms with van der Waals surface area (Å²) >= 11 is 5.77. The summed E-state index contributed by atoms with van der Waals surface area (Å²) in [7, 11) is 3.42. The molecule has 0 aliphatic carbocycles. The molecule has 6 heterocycles.